The van der Waals surface area contributed by atoms with E-state index in [0.717, 1.165) is 0 Å². The zero-order valence-electron chi connectivity index (χ0n) is 21.3. The maximum absolute atomic E-state index is 13.2. The summed E-state index contributed by atoms with van der Waals surface area (Å²) in [6.07, 6.45) is -0.866. The number of carbonyl (C=O) groups is 2. The zero-order valence-corrected chi connectivity index (χ0v) is 21.3. The number of rotatable bonds is 3. The van der Waals surface area contributed by atoms with E-state index < -0.39 is 87.2 Å². The quantitative estimate of drug-likeness (QED) is 0.423. The first-order valence-electron chi connectivity index (χ1n) is 13.1. The van der Waals surface area contributed by atoms with Gasteiger partial charge in [0, 0.05) is 33.6 Å². The summed E-state index contributed by atoms with van der Waals surface area (Å²) in [7, 11) is 1.19. The Balaban J connectivity index is 1.49. The third-order valence-corrected chi connectivity index (χ3v) is 12.2. The molecule has 3 heterocycles. The van der Waals surface area contributed by atoms with Gasteiger partial charge in [-0.25, -0.2) is 4.79 Å². The van der Waals surface area contributed by atoms with Gasteiger partial charge < -0.3 is 39.1 Å². The summed E-state index contributed by atoms with van der Waals surface area (Å²) in [5, 5.41) is 48.7. The van der Waals surface area contributed by atoms with E-state index in [1.54, 1.807) is 13.0 Å². The van der Waals surface area contributed by atoms with Crippen LogP contribution in [0.4, 0.5) is 0 Å². The van der Waals surface area contributed by atoms with Gasteiger partial charge in [0.05, 0.1) is 43.9 Å². The van der Waals surface area contributed by atoms with Crippen LogP contribution in [0.5, 0.6) is 0 Å². The highest BCUT2D eigenvalue weighted by Crippen LogP contribution is 2.85. The molecular weight excluding hydrogens is 484 g/mol. The summed E-state index contributed by atoms with van der Waals surface area (Å²) in [4.78, 5) is 25.9. The van der Waals surface area contributed by atoms with E-state index in [4.69, 9.17) is 18.6 Å². The van der Waals surface area contributed by atoms with E-state index in [-0.39, 0.29) is 12.8 Å². The van der Waals surface area contributed by atoms with Gasteiger partial charge in [-0.3, -0.25) is 4.79 Å². The second-order valence-electron chi connectivity index (χ2n) is 13.1. The van der Waals surface area contributed by atoms with Gasteiger partial charge in [0.25, 0.3) is 0 Å². The summed E-state index contributed by atoms with van der Waals surface area (Å²) in [6.45, 7) is 5.51. The molecule has 13 atom stereocenters. The Labute approximate surface area is 213 Å². The number of furan rings is 1. The molecule has 2 saturated heterocycles. The largest absolute Gasteiger partial charge is 0.472 e. The molecule has 2 aliphatic heterocycles. The number of aliphatic hydroxyl groups excluding tert-OH is 2. The number of hydrogen-bond donors (Lipinski definition) is 4. The smallest absolute Gasteiger partial charge is 0.335 e. The molecule has 0 radical (unpaired) electrons. The average Bonchev–Trinajstić information content (AvgIpc) is 3.52. The average molecular weight is 519 g/mol. The minimum Gasteiger partial charge on any atom is -0.472 e. The third kappa shape index (κ3) is 2.13. The Hall–Kier alpha value is -1.98. The maximum atomic E-state index is 13.2. The lowest BCUT2D eigenvalue weighted by Gasteiger charge is -2.63. The SMILES string of the molecule is COC(=O)C(O)C1C2(C)CC3(O)C4C(OC56CC(=O)OC(c7ccoc7)C5(C)CCC(C13C)C46O)C2O. The molecule has 4 aliphatic carbocycles. The van der Waals surface area contributed by atoms with Crippen molar-refractivity contribution in [3.63, 3.8) is 0 Å². The van der Waals surface area contributed by atoms with Crippen LogP contribution in [-0.2, 0) is 23.8 Å². The summed E-state index contributed by atoms with van der Waals surface area (Å²) in [5.74, 6) is -3.86. The van der Waals surface area contributed by atoms with Crippen molar-refractivity contribution in [3.05, 3.63) is 24.2 Å². The molecule has 10 nitrogen and oxygen atoms in total. The number of methoxy groups -OCH3 is 1. The number of aliphatic hydroxyl groups is 4. The van der Waals surface area contributed by atoms with Crippen molar-refractivity contribution in [2.24, 2.45) is 34.0 Å². The standard InChI is InChI=1S/C27H34O10/c1-22-11-25(32)18-16(19(22)30)37-26-9-14(28)36-20(12-6-8-35-10-12)23(26,2)7-5-13(27(18,26)33)24(25,3)17(22)15(29)21(31)34-4/h6,8,10,13,15-20,29-30,32-33H,5,7,9,11H2,1-4H3. The van der Waals surface area contributed by atoms with Crippen molar-refractivity contribution in [2.45, 2.75) is 87.7 Å². The van der Waals surface area contributed by atoms with Crippen molar-refractivity contribution in [2.75, 3.05) is 7.11 Å². The number of hydrogen-bond acceptors (Lipinski definition) is 10. The zero-order chi connectivity index (χ0) is 26.6. The van der Waals surface area contributed by atoms with Gasteiger partial charge in [0.1, 0.15) is 17.3 Å². The molecule has 10 heteroatoms. The Morgan fingerprint density at radius 1 is 1.24 bits per heavy atom. The van der Waals surface area contributed by atoms with Gasteiger partial charge >= 0.3 is 11.9 Å². The molecule has 1 aromatic heterocycles. The van der Waals surface area contributed by atoms with Crippen LogP contribution in [0.1, 0.15) is 58.1 Å². The van der Waals surface area contributed by atoms with Crippen LogP contribution in [0.3, 0.4) is 0 Å². The predicted molar refractivity (Wildman–Crippen MR) is 122 cm³/mol. The topological polar surface area (TPSA) is 156 Å². The lowest BCUT2D eigenvalue weighted by atomic mass is 9.45. The monoisotopic (exact) mass is 518 g/mol. The first-order chi connectivity index (χ1) is 17.3. The van der Waals surface area contributed by atoms with Crippen LogP contribution in [-0.4, -0.2) is 74.6 Å². The van der Waals surface area contributed by atoms with E-state index >= 15 is 0 Å². The summed E-state index contributed by atoms with van der Waals surface area (Å²) in [5.41, 5.74) is -7.31. The Morgan fingerprint density at radius 3 is 2.62 bits per heavy atom. The van der Waals surface area contributed by atoms with E-state index in [1.165, 1.54) is 19.6 Å². The molecule has 7 rings (SSSR count). The highest BCUT2D eigenvalue weighted by atomic mass is 16.6. The number of cyclic esters (lactones) is 1. The van der Waals surface area contributed by atoms with Crippen molar-refractivity contribution in [1.29, 1.82) is 0 Å². The lowest BCUT2D eigenvalue weighted by molar-refractivity contribution is -0.298. The van der Waals surface area contributed by atoms with Gasteiger partial charge in [0.15, 0.2) is 6.10 Å². The summed E-state index contributed by atoms with van der Waals surface area (Å²) < 4.78 is 22.8. The molecule has 0 amide bonds. The van der Waals surface area contributed by atoms with Crippen molar-refractivity contribution < 1.29 is 48.6 Å². The molecule has 37 heavy (non-hydrogen) atoms. The first kappa shape index (κ1) is 24.1. The fraction of sp³-hybridized carbons (Fsp3) is 0.778. The second kappa shape index (κ2) is 6.59. The molecule has 0 aromatic carbocycles. The molecule has 6 fully saturated rings. The molecular formula is C27H34O10. The fourth-order valence-electron chi connectivity index (χ4n) is 11.0. The van der Waals surface area contributed by atoms with E-state index in [2.05, 4.69) is 0 Å². The minimum atomic E-state index is -1.73. The number of fused-ring (bicyclic) bond motifs is 2. The van der Waals surface area contributed by atoms with Crippen LogP contribution in [0.25, 0.3) is 0 Å². The number of esters is 2. The van der Waals surface area contributed by atoms with Gasteiger partial charge in [-0.1, -0.05) is 20.8 Å². The summed E-state index contributed by atoms with van der Waals surface area (Å²) in [6, 6.07) is 1.72. The molecule has 4 saturated carbocycles. The highest BCUT2D eigenvalue weighted by Gasteiger charge is 2.95. The fourth-order valence-corrected chi connectivity index (χ4v) is 11.0. The molecule has 6 aliphatic rings. The predicted octanol–water partition coefficient (Wildman–Crippen LogP) is 0.854. The molecule has 1 aromatic rings. The first-order valence-corrected chi connectivity index (χ1v) is 13.1. The number of ether oxygens (including phenoxy) is 3. The Morgan fingerprint density at radius 2 is 1.97 bits per heavy atom. The van der Waals surface area contributed by atoms with Crippen molar-refractivity contribution >= 4 is 11.9 Å². The summed E-state index contributed by atoms with van der Waals surface area (Å²) >= 11 is 0. The maximum Gasteiger partial charge on any atom is 0.335 e. The van der Waals surface area contributed by atoms with E-state index in [1.807, 2.05) is 13.8 Å². The molecule has 202 valence electrons. The normalized spacial score (nSPS) is 57.6. The molecule has 13 unspecified atom stereocenters. The van der Waals surface area contributed by atoms with Gasteiger partial charge in [-0.2, -0.15) is 0 Å². The minimum absolute atomic E-state index is 0.0716. The van der Waals surface area contributed by atoms with Crippen LogP contribution < -0.4 is 0 Å². The molecule has 1 spiro atoms. The van der Waals surface area contributed by atoms with Crippen molar-refractivity contribution in [3.8, 4) is 0 Å². The second-order valence-corrected chi connectivity index (χ2v) is 13.1. The third-order valence-electron chi connectivity index (χ3n) is 12.2. The molecule has 4 N–H and O–H groups in total. The van der Waals surface area contributed by atoms with Gasteiger partial charge in [-0.05, 0) is 31.2 Å². The molecule has 2 bridgehead atoms. The van der Waals surface area contributed by atoms with Gasteiger partial charge in [0.2, 0.25) is 0 Å². The van der Waals surface area contributed by atoms with Crippen LogP contribution >= 0.6 is 0 Å². The number of carbonyl (C=O) groups excluding carboxylic acids is 2. The van der Waals surface area contributed by atoms with Crippen molar-refractivity contribution in [1.82, 2.24) is 0 Å². The Kier molecular flexibility index (Phi) is 4.29. The van der Waals surface area contributed by atoms with Crippen LogP contribution in [0, 0.1) is 34.0 Å². The lowest BCUT2D eigenvalue weighted by Crippen LogP contribution is -2.72. The van der Waals surface area contributed by atoms with Crippen LogP contribution in [0.15, 0.2) is 23.0 Å². The van der Waals surface area contributed by atoms with E-state index in [0.29, 0.717) is 18.4 Å². The van der Waals surface area contributed by atoms with E-state index in [9.17, 15) is 30.0 Å². The van der Waals surface area contributed by atoms with Crippen LogP contribution in [0.2, 0.25) is 0 Å². The van der Waals surface area contributed by atoms with Gasteiger partial charge in [-0.15, -0.1) is 0 Å². The Bertz CT molecular complexity index is 1200. The highest BCUT2D eigenvalue weighted by molar-refractivity contribution is 5.76.